The van der Waals surface area contributed by atoms with E-state index in [9.17, 15) is 22.8 Å². The van der Waals surface area contributed by atoms with Crippen molar-refractivity contribution in [3.63, 3.8) is 0 Å². The van der Waals surface area contributed by atoms with Crippen molar-refractivity contribution in [2.75, 3.05) is 20.8 Å². The zero-order valence-electron chi connectivity index (χ0n) is 15.1. The fraction of sp³-hybridized carbons (Fsp3) is 0.353. The van der Waals surface area contributed by atoms with Crippen LogP contribution < -0.4 is 14.8 Å². The Hall–Kier alpha value is -3.24. The van der Waals surface area contributed by atoms with Crippen LogP contribution in [0.1, 0.15) is 11.3 Å². The largest absolute Gasteiger partial charge is 0.493 e. The number of alkyl halides is 3. The Morgan fingerprint density at radius 3 is 2.46 bits per heavy atom. The number of ether oxygens (including phenoxy) is 3. The SMILES string of the molecule is COc1ccc(CNC(=O)COC(=O)Cn2ccc(C(F)(F)F)n2)cc1OC. The third-order valence-corrected chi connectivity index (χ3v) is 3.52. The molecule has 1 aromatic carbocycles. The third-order valence-electron chi connectivity index (χ3n) is 3.52. The highest BCUT2D eigenvalue weighted by Gasteiger charge is 2.33. The average Bonchev–Trinajstić information content (AvgIpc) is 3.13. The molecular formula is C17H18F3N3O5. The minimum Gasteiger partial charge on any atom is -0.493 e. The fourth-order valence-corrected chi connectivity index (χ4v) is 2.17. The van der Waals surface area contributed by atoms with Gasteiger partial charge in [0.25, 0.3) is 5.91 Å². The quantitative estimate of drug-likeness (QED) is 0.678. The van der Waals surface area contributed by atoms with Gasteiger partial charge in [0.15, 0.2) is 23.8 Å². The van der Waals surface area contributed by atoms with Crippen LogP contribution in [-0.4, -0.2) is 42.5 Å². The number of benzene rings is 1. The molecular weight excluding hydrogens is 383 g/mol. The molecule has 0 bridgehead atoms. The Kier molecular flexibility index (Phi) is 6.85. The summed E-state index contributed by atoms with van der Waals surface area (Å²) < 4.78 is 53.1. The Bertz CT molecular complexity index is 836. The molecule has 8 nitrogen and oxygen atoms in total. The lowest BCUT2D eigenvalue weighted by molar-refractivity contribution is -0.150. The standard InChI is InChI=1S/C17H18F3N3O5/c1-26-12-4-3-11(7-13(12)27-2)8-21-15(24)10-28-16(25)9-23-6-5-14(22-23)17(18,19)20/h3-7H,8-10H2,1-2H3,(H,21,24). The summed E-state index contributed by atoms with van der Waals surface area (Å²) in [4.78, 5) is 23.4. The molecule has 0 aliphatic heterocycles. The van der Waals surface area contributed by atoms with E-state index in [1.807, 2.05) is 0 Å². The first kappa shape index (κ1) is 21.1. The van der Waals surface area contributed by atoms with E-state index >= 15 is 0 Å². The van der Waals surface area contributed by atoms with Crippen LogP contribution in [0.25, 0.3) is 0 Å². The number of halogens is 3. The van der Waals surface area contributed by atoms with Crippen molar-refractivity contribution in [2.24, 2.45) is 0 Å². The van der Waals surface area contributed by atoms with Crippen LogP contribution in [0, 0.1) is 0 Å². The number of nitrogens with zero attached hydrogens (tertiary/aromatic N) is 2. The van der Waals surface area contributed by atoms with E-state index in [0.29, 0.717) is 11.5 Å². The monoisotopic (exact) mass is 401 g/mol. The fourth-order valence-electron chi connectivity index (χ4n) is 2.17. The first-order valence-electron chi connectivity index (χ1n) is 7.97. The van der Waals surface area contributed by atoms with Crippen molar-refractivity contribution >= 4 is 11.9 Å². The predicted octanol–water partition coefficient (Wildman–Crippen LogP) is 1.78. The van der Waals surface area contributed by atoms with Crippen LogP contribution in [-0.2, 0) is 33.6 Å². The topological polar surface area (TPSA) is 91.7 Å². The second-order valence-corrected chi connectivity index (χ2v) is 5.52. The van der Waals surface area contributed by atoms with E-state index in [-0.39, 0.29) is 6.54 Å². The summed E-state index contributed by atoms with van der Waals surface area (Å²) in [7, 11) is 2.98. The molecule has 1 heterocycles. The highest BCUT2D eigenvalue weighted by Crippen LogP contribution is 2.28. The Morgan fingerprint density at radius 1 is 1.14 bits per heavy atom. The lowest BCUT2D eigenvalue weighted by Crippen LogP contribution is -2.29. The number of methoxy groups -OCH3 is 2. The molecule has 28 heavy (non-hydrogen) atoms. The molecule has 2 rings (SSSR count). The number of esters is 1. The number of hydrogen-bond donors (Lipinski definition) is 1. The van der Waals surface area contributed by atoms with E-state index < -0.39 is 36.9 Å². The van der Waals surface area contributed by atoms with Gasteiger partial charge >= 0.3 is 12.1 Å². The molecule has 0 unspecified atom stereocenters. The Labute approximate surface area is 158 Å². The van der Waals surface area contributed by atoms with Gasteiger partial charge in [0.1, 0.15) is 6.54 Å². The number of rotatable bonds is 8. The normalized spacial score (nSPS) is 11.0. The molecule has 0 radical (unpaired) electrons. The van der Waals surface area contributed by atoms with Gasteiger partial charge in [-0.2, -0.15) is 18.3 Å². The first-order valence-corrected chi connectivity index (χ1v) is 7.97. The van der Waals surface area contributed by atoms with E-state index in [0.717, 1.165) is 22.5 Å². The molecule has 1 amide bonds. The minimum absolute atomic E-state index is 0.158. The van der Waals surface area contributed by atoms with Crippen molar-refractivity contribution in [1.29, 1.82) is 0 Å². The summed E-state index contributed by atoms with van der Waals surface area (Å²) in [5.74, 6) is -0.422. The van der Waals surface area contributed by atoms with Gasteiger partial charge in [-0.1, -0.05) is 6.07 Å². The summed E-state index contributed by atoms with van der Waals surface area (Å²) in [6, 6.07) is 5.83. The molecule has 0 fully saturated rings. The average molecular weight is 401 g/mol. The number of carbonyl (C=O) groups is 2. The van der Waals surface area contributed by atoms with E-state index in [4.69, 9.17) is 14.2 Å². The molecule has 0 atom stereocenters. The van der Waals surface area contributed by atoms with Gasteiger partial charge in [0.05, 0.1) is 14.2 Å². The number of hydrogen-bond acceptors (Lipinski definition) is 6. The maximum absolute atomic E-state index is 12.4. The van der Waals surface area contributed by atoms with Crippen LogP contribution in [0.4, 0.5) is 13.2 Å². The number of aromatic nitrogens is 2. The molecule has 0 spiro atoms. The van der Waals surface area contributed by atoms with Crippen LogP contribution in [0.2, 0.25) is 0 Å². The highest BCUT2D eigenvalue weighted by atomic mass is 19.4. The van der Waals surface area contributed by atoms with E-state index in [1.165, 1.54) is 14.2 Å². The Morgan fingerprint density at radius 2 is 1.86 bits per heavy atom. The van der Waals surface area contributed by atoms with Gasteiger partial charge in [0, 0.05) is 12.7 Å². The van der Waals surface area contributed by atoms with Crippen molar-refractivity contribution < 1.29 is 37.0 Å². The summed E-state index contributed by atoms with van der Waals surface area (Å²) in [6.07, 6.45) is -3.60. The molecule has 0 aliphatic rings. The second-order valence-electron chi connectivity index (χ2n) is 5.52. The second kappa shape index (κ2) is 9.11. The van der Waals surface area contributed by atoms with Gasteiger partial charge in [-0.15, -0.1) is 0 Å². The summed E-state index contributed by atoms with van der Waals surface area (Å²) in [6.45, 7) is -0.955. The molecule has 0 aliphatic carbocycles. The maximum atomic E-state index is 12.4. The molecule has 1 aromatic heterocycles. The number of amides is 1. The van der Waals surface area contributed by atoms with Crippen LogP contribution >= 0.6 is 0 Å². The highest BCUT2D eigenvalue weighted by molar-refractivity contribution is 5.80. The molecule has 0 saturated carbocycles. The zero-order valence-corrected chi connectivity index (χ0v) is 15.1. The molecule has 0 saturated heterocycles. The van der Waals surface area contributed by atoms with Crippen molar-refractivity contribution in [2.45, 2.75) is 19.3 Å². The van der Waals surface area contributed by atoms with Crippen molar-refractivity contribution in [3.8, 4) is 11.5 Å². The summed E-state index contributed by atoms with van der Waals surface area (Å²) >= 11 is 0. The van der Waals surface area contributed by atoms with Gasteiger partial charge in [-0.3, -0.25) is 14.3 Å². The maximum Gasteiger partial charge on any atom is 0.435 e. The molecule has 2 aromatic rings. The molecule has 1 N–H and O–H groups in total. The lowest BCUT2D eigenvalue weighted by atomic mass is 10.2. The summed E-state index contributed by atoms with van der Waals surface area (Å²) in [5.41, 5.74) is -0.387. The molecule has 11 heteroatoms. The van der Waals surface area contributed by atoms with Gasteiger partial charge in [-0.05, 0) is 23.8 Å². The van der Waals surface area contributed by atoms with Crippen molar-refractivity contribution in [1.82, 2.24) is 15.1 Å². The predicted molar refractivity (Wildman–Crippen MR) is 89.6 cm³/mol. The smallest absolute Gasteiger partial charge is 0.435 e. The number of nitrogens with one attached hydrogen (secondary N) is 1. The minimum atomic E-state index is -4.60. The van der Waals surface area contributed by atoms with Crippen LogP contribution in [0.15, 0.2) is 30.5 Å². The summed E-state index contributed by atoms with van der Waals surface area (Å²) in [5, 5.41) is 5.77. The van der Waals surface area contributed by atoms with E-state index in [2.05, 4.69) is 10.4 Å². The van der Waals surface area contributed by atoms with Gasteiger partial charge in [0.2, 0.25) is 0 Å². The van der Waals surface area contributed by atoms with Crippen molar-refractivity contribution in [3.05, 3.63) is 41.7 Å². The van der Waals surface area contributed by atoms with Crippen LogP contribution in [0.3, 0.4) is 0 Å². The lowest BCUT2D eigenvalue weighted by Gasteiger charge is -2.10. The first-order chi connectivity index (χ1) is 13.2. The third kappa shape index (κ3) is 5.89. The van der Waals surface area contributed by atoms with Gasteiger partial charge in [-0.25, -0.2) is 0 Å². The molecule has 152 valence electrons. The zero-order chi connectivity index (χ0) is 20.7. The van der Waals surface area contributed by atoms with Gasteiger partial charge < -0.3 is 19.5 Å². The van der Waals surface area contributed by atoms with E-state index in [1.54, 1.807) is 18.2 Å². The number of carbonyl (C=O) groups excluding carboxylic acids is 2. The van der Waals surface area contributed by atoms with Crippen LogP contribution in [0.5, 0.6) is 11.5 Å². The Balaban J connectivity index is 1.77.